The topological polar surface area (TPSA) is 102 Å². The van der Waals surface area contributed by atoms with E-state index in [0.717, 1.165) is 18.5 Å². The van der Waals surface area contributed by atoms with Gasteiger partial charge in [-0.1, -0.05) is 0 Å². The number of hydrogen-bond acceptors (Lipinski definition) is 6. The number of hydrogen-bond donors (Lipinski definition) is 1. The molecular weight excluding hydrogens is 314 g/mol. The second-order valence-electron chi connectivity index (χ2n) is 5.65. The molecule has 2 aromatic heterocycles. The second-order valence-corrected chi connectivity index (χ2v) is 7.59. The van der Waals surface area contributed by atoms with Crippen LogP contribution in [-0.4, -0.2) is 40.8 Å². The summed E-state index contributed by atoms with van der Waals surface area (Å²) in [5.74, 6) is 0.605. The van der Waals surface area contributed by atoms with Gasteiger partial charge in [-0.2, -0.15) is 4.31 Å². The van der Waals surface area contributed by atoms with Crippen molar-refractivity contribution < 1.29 is 8.42 Å². The maximum Gasteiger partial charge on any atom is 0.244 e. The Bertz CT molecular complexity index is 766. The molecule has 0 unspecified atom stereocenters. The van der Waals surface area contributed by atoms with E-state index in [2.05, 4.69) is 15.0 Å². The molecule has 3 rings (SSSR count). The summed E-state index contributed by atoms with van der Waals surface area (Å²) in [7, 11) is -3.49. The maximum absolute atomic E-state index is 12.7. The van der Waals surface area contributed by atoms with E-state index in [4.69, 9.17) is 5.73 Å². The molecule has 0 spiro atoms. The molecule has 1 fully saturated rings. The zero-order valence-electron chi connectivity index (χ0n) is 12.7. The summed E-state index contributed by atoms with van der Waals surface area (Å²) in [5.41, 5.74) is 6.57. The Kier molecular flexibility index (Phi) is 4.53. The minimum absolute atomic E-state index is 0.189. The smallest absolute Gasteiger partial charge is 0.244 e. The van der Waals surface area contributed by atoms with Crippen molar-refractivity contribution in [2.45, 2.75) is 24.2 Å². The SMILES string of the molecule is Nc1nccnc1C[C@@H]1CCCN(S(=O)(=O)c2cccnc2)C1. The van der Waals surface area contributed by atoms with Gasteiger partial charge in [0, 0.05) is 37.9 Å². The fourth-order valence-corrected chi connectivity index (χ4v) is 4.39. The molecule has 0 bridgehead atoms. The van der Waals surface area contributed by atoms with Crippen molar-refractivity contribution in [3.05, 3.63) is 42.6 Å². The molecule has 7 nitrogen and oxygen atoms in total. The second kappa shape index (κ2) is 6.59. The first-order chi connectivity index (χ1) is 11.1. The Morgan fingerprint density at radius 2 is 2.09 bits per heavy atom. The average molecular weight is 333 g/mol. The van der Waals surface area contributed by atoms with Gasteiger partial charge in [0.15, 0.2) is 0 Å². The van der Waals surface area contributed by atoms with Gasteiger partial charge in [-0.25, -0.2) is 13.4 Å². The van der Waals surface area contributed by atoms with Gasteiger partial charge in [-0.15, -0.1) is 0 Å². The van der Waals surface area contributed by atoms with Gasteiger partial charge in [-0.3, -0.25) is 9.97 Å². The molecule has 0 saturated carbocycles. The predicted octanol–water partition coefficient (Wildman–Crippen LogP) is 1.10. The summed E-state index contributed by atoms with van der Waals surface area (Å²) in [5, 5.41) is 0. The molecule has 0 amide bonds. The highest BCUT2D eigenvalue weighted by atomic mass is 32.2. The summed E-state index contributed by atoms with van der Waals surface area (Å²) < 4.78 is 26.9. The lowest BCUT2D eigenvalue weighted by Crippen LogP contribution is -2.40. The first kappa shape index (κ1) is 15.8. The van der Waals surface area contributed by atoms with E-state index in [-0.39, 0.29) is 10.8 Å². The van der Waals surface area contributed by atoms with Gasteiger partial charge in [0.25, 0.3) is 0 Å². The van der Waals surface area contributed by atoms with Gasteiger partial charge in [0.2, 0.25) is 10.0 Å². The predicted molar refractivity (Wildman–Crippen MR) is 85.9 cm³/mol. The number of nitrogens with zero attached hydrogens (tertiary/aromatic N) is 4. The van der Waals surface area contributed by atoms with Crippen LogP contribution in [0.5, 0.6) is 0 Å². The lowest BCUT2D eigenvalue weighted by Gasteiger charge is -2.31. The summed E-state index contributed by atoms with van der Waals surface area (Å²) in [6.07, 6.45) is 8.53. The van der Waals surface area contributed by atoms with Gasteiger partial charge < -0.3 is 5.73 Å². The molecule has 1 aliphatic heterocycles. The molecule has 0 aromatic carbocycles. The quantitative estimate of drug-likeness (QED) is 0.899. The van der Waals surface area contributed by atoms with Crippen molar-refractivity contribution in [2.24, 2.45) is 5.92 Å². The van der Waals surface area contributed by atoms with Crippen LogP contribution in [0.2, 0.25) is 0 Å². The van der Waals surface area contributed by atoms with E-state index in [0.29, 0.717) is 25.3 Å². The Hall–Kier alpha value is -2.06. The average Bonchev–Trinajstić information content (AvgIpc) is 2.58. The molecule has 23 heavy (non-hydrogen) atoms. The highest BCUT2D eigenvalue weighted by molar-refractivity contribution is 7.89. The fourth-order valence-electron chi connectivity index (χ4n) is 2.87. The number of nitrogens with two attached hydrogens (primary N) is 1. The zero-order chi connectivity index (χ0) is 16.3. The third-order valence-corrected chi connectivity index (χ3v) is 5.89. The van der Waals surface area contributed by atoms with Crippen molar-refractivity contribution >= 4 is 15.8 Å². The van der Waals surface area contributed by atoms with Gasteiger partial charge in [0.1, 0.15) is 10.7 Å². The number of pyridine rings is 1. The molecule has 122 valence electrons. The third-order valence-electron chi connectivity index (χ3n) is 4.04. The van der Waals surface area contributed by atoms with Crippen LogP contribution < -0.4 is 5.73 Å². The Balaban J connectivity index is 1.75. The molecule has 8 heteroatoms. The first-order valence-electron chi connectivity index (χ1n) is 7.53. The number of nitrogen functional groups attached to an aromatic ring is 1. The number of aromatic nitrogens is 3. The molecular formula is C15H19N5O2S. The summed E-state index contributed by atoms with van der Waals surface area (Å²) >= 11 is 0. The van der Waals surface area contributed by atoms with Crippen LogP contribution in [0.3, 0.4) is 0 Å². The van der Waals surface area contributed by atoms with Crippen LogP contribution in [0.15, 0.2) is 41.8 Å². The van der Waals surface area contributed by atoms with Crippen LogP contribution in [0.4, 0.5) is 5.82 Å². The lowest BCUT2D eigenvalue weighted by molar-refractivity contribution is 0.264. The molecule has 1 atom stereocenters. The standard InChI is InChI=1S/C15H19N5O2S/c16-15-14(18-6-7-19-15)9-12-3-2-8-20(11-12)23(21,22)13-4-1-5-17-10-13/h1,4-7,10,12H,2-3,8-9,11H2,(H2,16,19)/t12-/m0/s1. The van der Waals surface area contributed by atoms with Crippen molar-refractivity contribution in [1.29, 1.82) is 0 Å². The Labute approximate surface area is 135 Å². The summed E-state index contributed by atoms with van der Waals surface area (Å²) in [6, 6.07) is 3.21. The van der Waals surface area contributed by atoms with Crippen molar-refractivity contribution in [3.63, 3.8) is 0 Å². The highest BCUT2D eigenvalue weighted by Crippen LogP contribution is 2.26. The van der Waals surface area contributed by atoms with Crippen molar-refractivity contribution in [2.75, 3.05) is 18.8 Å². The van der Waals surface area contributed by atoms with Crippen LogP contribution in [0, 0.1) is 5.92 Å². The van der Waals surface area contributed by atoms with Crippen LogP contribution >= 0.6 is 0 Å². The normalized spacial score (nSPS) is 19.6. The minimum atomic E-state index is -3.49. The van der Waals surface area contributed by atoms with Crippen LogP contribution in [0.25, 0.3) is 0 Å². The van der Waals surface area contributed by atoms with E-state index in [1.54, 1.807) is 30.7 Å². The molecule has 1 aliphatic rings. The Morgan fingerprint density at radius 3 is 2.83 bits per heavy atom. The monoisotopic (exact) mass is 333 g/mol. The molecule has 0 aliphatic carbocycles. The lowest BCUT2D eigenvalue weighted by atomic mass is 9.94. The molecule has 2 N–H and O–H groups in total. The van der Waals surface area contributed by atoms with Crippen LogP contribution in [-0.2, 0) is 16.4 Å². The van der Waals surface area contributed by atoms with E-state index in [1.807, 2.05) is 0 Å². The maximum atomic E-state index is 12.7. The molecule has 3 heterocycles. The van der Waals surface area contributed by atoms with Crippen molar-refractivity contribution in [3.8, 4) is 0 Å². The van der Waals surface area contributed by atoms with Gasteiger partial charge >= 0.3 is 0 Å². The van der Waals surface area contributed by atoms with E-state index in [1.165, 1.54) is 10.5 Å². The first-order valence-corrected chi connectivity index (χ1v) is 8.97. The number of anilines is 1. The summed E-state index contributed by atoms with van der Waals surface area (Å²) in [4.78, 5) is 12.4. The van der Waals surface area contributed by atoms with Crippen LogP contribution in [0.1, 0.15) is 18.5 Å². The van der Waals surface area contributed by atoms with Gasteiger partial charge in [-0.05, 0) is 37.3 Å². The molecule has 0 radical (unpaired) electrons. The molecule has 2 aromatic rings. The number of rotatable bonds is 4. The number of piperidine rings is 1. The van der Waals surface area contributed by atoms with E-state index in [9.17, 15) is 8.42 Å². The van der Waals surface area contributed by atoms with Gasteiger partial charge in [0.05, 0.1) is 5.69 Å². The van der Waals surface area contributed by atoms with E-state index >= 15 is 0 Å². The minimum Gasteiger partial charge on any atom is -0.382 e. The highest BCUT2D eigenvalue weighted by Gasteiger charge is 2.30. The van der Waals surface area contributed by atoms with E-state index < -0.39 is 10.0 Å². The molecule has 1 saturated heterocycles. The summed E-state index contributed by atoms with van der Waals surface area (Å²) in [6.45, 7) is 0.997. The Morgan fingerprint density at radius 1 is 1.26 bits per heavy atom. The van der Waals surface area contributed by atoms with Crippen molar-refractivity contribution in [1.82, 2.24) is 19.3 Å². The largest absolute Gasteiger partial charge is 0.382 e. The fraction of sp³-hybridized carbons (Fsp3) is 0.400. The third kappa shape index (κ3) is 3.48. The zero-order valence-corrected chi connectivity index (χ0v) is 13.5. The number of sulfonamides is 1.